The summed E-state index contributed by atoms with van der Waals surface area (Å²) in [6.07, 6.45) is -0.140. The van der Waals surface area contributed by atoms with Gasteiger partial charge in [0, 0.05) is 18.7 Å². The summed E-state index contributed by atoms with van der Waals surface area (Å²) in [6, 6.07) is 11.5. The lowest BCUT2D eigenvalue weighted by Crippen LogP contribution is -2.30. The summed E-state index contributed by atoms with van der Waals surface area (Å²) in [6.45, 7) is 5.36. The maximum absolute atomic E-state index is 12.4. The highest BCUT2D eigenvalue weighted by atomic mass is 16.6. The number of rotatable bonds is 8. The van der Waals surface area contributed by atoms with E-state index in [2.05, 4.69) is 0 Å². The van der Waals surface area contributed by atoms with Gasteiger partial charge in [0.05, 0.1) is 21.3 Å². The molecule has 3 rings (SSSR count). The van der Waals surface area contributed by atoms with Crippen LogP contribution in [0.1, 0.15) is 47.5 Å². The summed E-state index contributed by atoms with van der Waals surface area (Å²) in [5.74, 6) is 1.82. The SMILES string of the molecule is CCN(CC)C(=O)c1ccc([C@@H]2O[C@H]2c2cc(OC)c(OC)c(OC)c2)cc1. The Hall–Kier alpha value is -2.73. The number of carbonyl (C=O) groups excluding carboxylic acids is 1. The molecule has 6 nitrogen and oxygen atoms in total. The Morgan fingerprint density at radius 2 is 1.43 bits per heavy atom. The summed E-state index contributed by atoms with van der Waals surface area (Å²) in [7, 11) is 4.77. The van der Waals surface area contributed by atoms with Crippen molar-refractivity contribution in [3.63, 3.8) is 0 Å². The van der Waals surface area contributed by atoms with Crippen LogP contribution in [0.25, 0.3) is 0 Å². The third-order valence-electron chi connectivity index (χ3n) is 5.04. The third-order valence-corrected chi connectivity index (χ3v) is 5.04. The molecule has 1 fully saturated rings. The molecule has 0 bridgehead atoms. The van der Waals surface area contributed by atoms with Crippen molar-refractivity contribution in [3.8, 4) is 17.2 Å². The average Bonchev–Trinajstić information content (AvgIpc) is 3.54. The lowest BCUT2D eigenvalue weighted by Gasteiger charge is -2.18. The van der Waals surface area contributed by atoms with E-state index in [4.69, 9.17) is 18.9 Å². The van der Waals surface area contributed by atoms with Crippen molar-refractivity contribution in [3.05, 3.63) is 53.1 Å². The summed E-state index contributed by atoms with van der Waals surface area (Å²) in [5, 5.41) is 0. The highest BCUT2D eigenvalue weighted by Gasteiger charge is 2.42. The number of methoxy groups -OCH3 is 3. The maximum Gasteiger partial charge on any atom is 0.253 e. The number of benzene rings is 2. The zero-order valence-electron chi connectivity index (χ0n) is 17.0. The van der Waals surface area contributed by atoms with Gasteiger partial charge in [-0.3, -0.25) is 4.79 Å². The Morgan fingerprint density at radius 3 is 1.89 bits per heavy atom. The predicted molar refractivity (Wildman–Crippen MR) is 106 cm³/mol. The van der Waals surface area contributed by atoms with E-state index in [9.17, 15) is 4.79 Å². The first kappa shape index (κ1) is 20.0. The van der Waals surface area contributed by atoms with Crippen LogP contribution in [0.15, 0.2) is 36.4 Å². The van der Waals surface area contributed by atoms with E-state index < -0.39 is 0 Å². The van der Waals surface area contributed by atoms with Crippen molar-refractivity contribution >= 4 is 5.91 Å². The number of ether oxygens (including phenoxy) is 4. The van der Waals surface area contributed by atoms with Gasteiger partial charge in [-0.05, 0) is 49.2 Å². The third kappa shape index (κ3) is 3.78. The first-order valence-electron chi connectivity index (χ1n) is 9.42. The van der Waals surface area contributed by atoms with Crippen LogP contribution >= 0.6 is 0 Å². The van der Waals surface area contributed by atoms with Crippen LogP contribution in [0, 0.1) is 0 Å². The molecular weight excluding hydrogens is 358 g/mol. The van der Waals surface area contributed by atoms with Crippen LogP contribution in [0.5, 0.6) is 17.2 Å². The van der Waals surface area contributed by atoms with Gasteiger partial charge in [0.2, 0.25) is 5.75 Å². The largest absolute Gasteiger partial charge is 0.493 e. The molecule has 2 atom stereocenters. The fourth-order valence-electron chi connectivity index (χ4n) is 3.39. The minimum atomic E-state index is -0.0851. The Balaban J connectivity index is 1.78. The molecule has 6 heteroatoms. The summed E-state index contributed by atoms with van der Waals surface area (Å²) in [4.78, 5) is 14.3. The molecule has 1 saturated heterocycles. The molecule has 1 aliphatic heterocycles. The van der Waals surface area contributed by atoms with Crippen molar-refractivity contribution in [2.75, 3.05) is 34.4 Å². The number of hydrogen-bond donors (Lipinski definition) is 0. The molecular formula is C22H27NO5. The lowest BCUT2D eigenvalue weighted by atomic mass is 10.0. The van der Waals surface area contributed by atoms with E-state index in [0.29, 0.717) is 35.9 Å². The van der Waals surface area contributed by atoms with Gasteiger partial charge in [0.25, 0.3) is 5.91 Å². The monoisotopic (exact) mass is 385 g/mol. The van der Waals surface area contributed by atoms with Crippen molar-refractivity contribution in [2.45, 2.75) is 26.1 Å². The minimum Gasteiger partial charge on any atom is -0.493 e. The molecule has 0 unspecified atom stereocenters. The Kier molecular flexibility index (Phi) is 6.09. The van der Waals surface area contributed by atoms with Crippen molar-refractivity contribution in [1.82, 2.24) is 4.90 Å². The minimum absolute atomic E-state index is 0.0504. The predicted octanol–water partition coefficient (Wildman–Crippen LogP) is 4.01. The van der Waals surface area contributed by atoms with Gasteiger partial charge in [-0.2, -0.15) is 0 Å². The second kappa shape index (κ2) is 8.52. The van der Waals surface area contributed by atoms with Crippen molar-refractivity contribution in [2.24, 2.45) is 0 Å². The maximum atomic E-state index is 12.4. The molecule has 150 valence electrons. The molecule has 1 aliphatic rings. The number of hydrogen-bond acceptors (Lipinski definition) is 5. The molecule has 2 aromatic carbocycles. The molecule has 1 amide bonds. The van der Waals surface area contributed by atoms with Gasteiger partial charge in [-0.1, -0.05) is 12.1 Å². The molecule has 28 heavy (non-hydrogen) atoms. The Morgan fingerprint density at radius 1 is 0.893 bits per heavy atom. The highest BCUT2D eigenvalue weighted by Crippen LogP contribution is 2.53. The molecule has 2 aromatic rings. The van der Waals surface area contributed by atoms with Crippen LogP contribution in [-0.4, -0.2) is 45.2 Å². The molecule has 0 aromatic heterocycles. The van der Waals surface area contributed by atoms with Gasteiger partial charge in [-0.25, -0.2) is 0 Å². The van der Waals surface area contributed by atoms with E-state index in [1.165, 1.54) is 0 Å². The Bertz CT molecular complexity index is 804. The van der Waals surface area contributed by atoms with Crippen LogP contribution in [-0.2, 0) is 4.74 Å². The number of carbonyl (C=O) groups is 1. The topological polar surface area (TPSA) is 60.5 Å². The lowest BCUT2D eigenvalue weighted by molar-refractivity contribution is 0.0773. The summed E-state index contributed by atoms with van der Waals surface area (Å²) < 4.78 is 22.1. The molecule has 0 N–H and O–H groups in total. The van der Waals surface area contributed by atoms with Gasteiger partial charge in [-0.15, -0.1) is 0 Å². The van der Waals surface area contributed by atoms with Gasteiger partial charge < -0.3 is 23.8 Å². The molecule has 0 radical (unpaired) electrons. The van der Waals surface area contributed by atoms with Crippen LogP contribution in [0.2, 0.25) is 0 Å². The first-order valence-corrected chi connectivity index (χ1v) is 9.42. The number of nitrogens with zero attached hydrogens (tertiary/aromatic N) is 1. The van der Waals surface area contributed by atoms with Gasteiger partial charge in [0.15, 0.2) is 11.5 Å². The van der Waals surface area contributed by atoms with E-state index in [1.807, 2.05) is 50.2 Å². The second-order valence-corrected chi connectivity index (χ2v) is 6.54. The fourth-order valence-corrected chi connectivity index (χ4v) is 3.39. The number of amides is 1. The zero-order valence-corrected chi connectivity index (χ0v) is 17.0. The molecule has 0 saturated carbocycles. The van der Waals surface area contributed by atoms with Crippen molar-refractivity contribution < 1.29 is 23.7 Å². The smallest absolute Gasteiger partial charge is 0.253 e. The van der Waals surface area contributed by atoms with E-state index in [1.54, 1.807) is 26.2 Å². The fraction of sp³-hybridized carbons (Fsp3) is 0.409. The van der Waals surface area contributed by atoms with Gasteiger partial charge in [0.1, 0.15) is 12.2 Å². The molecule has 0 aliphatic carbocycles. The summed E-state index contributed by atoms with van der Waals surface area (Å²) >= 11 is 0. The van der Waals surface area contributed by atoms with Crippen LogP contribution in [0.4, 0.5) is 0 Å². The highest BCUT2D eigenvalue weighted by molar-refractivity contribution is 5.94. The van der Waals surface area contributed by atoms with E-state index >= 15 is 0 Å². The van der Waals surface area contributed by atoms with Crippen LogP contribution < -0.4 is 14.2 Å². The van der Waals surface area contributed by atoms with Crippen molar-refractivity contribution in [1.29, 1.82) is 0 Å². The second-order valence-electron chi connectivity index (χ2n) is 6.54. The van der Waals surface area contributed by atoms with E-state index in [0.717, 1.165) is 11.1 Å². The number of epoxide rings is 1. The zero-order chi connectivity index (χ0) is 20.3. The van der Waals surface area contributed by atoms with Crippen LogP contribution in [0.3, 0.4) is 0 Å². The van der Waals surface area contributed by atoms with Gasteiger partial charge >= 0.3 is 0 Å². The molecule has 0 spiro atoms. The first-order chi connectivity index (χ1) is 13.6. The van der Waals surface area contributed by atoms with E-state index in [-0.39, 0.29) is 18.1 Å². The standard InChI is InChI=1S/C22H27NO5/c1-6-23(7-2)22(24)15-10-8-14(9-11-15)19-20(28-19)16-12-17(25-3)21(27-5)18(13-16)26-4/h8-13,19-20H,6-7H2,1-5H3/t19-,20-/m0/s1. The quantitative estimate of drug-likeness (QED) is 0.643. The normalized spacial score (nSPS) is 17.8. The molecule has 1 heterocycles. The average molecular weight is 385 g/mol. The summed E-state index contributed by atoms with van der Waals surface area (Å²) in [5.41, 5.74) is 2.69. The Labute approximate surface area is 166 Å².